The molecule has 0 unspecified atom stereocenters. The first kappa shape index (κ1) is 11.1. The Morgan fingerprint density at radius 1 is 1.57 bits per heavy atom. The molecule has 0 aliphatic carbocycles. The Labute approximate surface area is 90.7 Å². The van der Waals surface area contributed by atoms with Crippen molar-refractivity contribution in [2.75, 3.05) is 0 Å². The largest absolute Gasteiger partial charge is 0.505 e. The number of halogens is 3. The van der Waals surface area contributed by atoms with Gasteiger partial charge in [-0.3, -0.25) is 4.98 Å². The van der Waals surface area contributed by atoms with E-state index >= 15 is 0 Å². The molecule has 0 saturated heterocycles. The van der Waals surface area contributed by atoms with E-state index in [-0.39, 0.29) is 3.57 Å². The molecule has 76 valence electrons. The van der Waals surface area contributed by atoms with E-state index in [0.29, 0.717) is 6.20 Å². The number of nitrogens with zero attached hydrogens (tertiary/aromatic N) is 1. The number of alkyl halides is 2. The van der Waals surface area contributed by atoms with Crippen LogP contribution in [-0.4, -0.2) is 21.2 Å². The van der Waals surface area contributed by atoms with Crippen LogP contribution < -0.4 is 0 Å². The Kier molecular flexibility index (Phi) is 3.19. The van der Waals surface area contributed by atoms with Crippen LogP contribution in [-0.2, 0) is 0 Å². The number of aromatic hydroxyl groups is 1. The summed E-state index contributed by atoms with van der Waals surface area (Å²) in [5.74, 6) is -2.08. The highest BCUT2D eigenvalue weighted by Gasteiger charge is 2.22. The van der Waals surface area contributed by atoms with Crippen molar-refractivity contribution in [1.82, 2.24) is 4.98 Å². The Bertz CT molecular complexity index is 383. The van der Waals surface area contributed by atoms with Crippen molar-refractivity contribution in [1.29, 1.82) is 0 Å². The van der Waals surface area contributed by atoms with Gasteiger partial charge in [0.15, 0.2) is 0 Å². The second-order valence-corrected chi connectivity index (χ2v) is 3.40. The van der Waals surface area contributed by atoms with Gasteiger partial charge >= 0.3 is 5.97 Å². The molecule has 0 aromatic carbocycles. The minimum Gasteiger partial charge on any atom is -0.505 e. The van der Waals surface area contributed by atoms with Crippen molar-refractivity contribution < 1.29 is 23.8 Å². The second-order valence-electron chi connectivity index (χ2n) is 2.32. The van der Waals surface area contributed by atoms with Gasteiger partial charge in [0, 0.05) is 0 Å². The van der Waals surface area contributed by atoms with Gasteiger partial charge in [-0.15, -0.1) is 0 Å². The number of carboxylic acid groups (broad SMARTS) is 1. The third kappa shape index (κ3) is 1.91. The normalized spacial score (nSPS) is 10.6. The molecule has 0 fully saturated rings. The molecule has 0 saturated carbocycles. The zero-order valence-electron chi connectivity index (χ0n) is 6.54. The van der Waals surface area contributed by atoms with E-state index in [1.165, 1.54) is 22.6 Å². The number of hydrogen-bond donors (Lipinski definition) is 2. The number of hydrogen-bond acceptors (Lipinski definition) is 3. The summed E-state index contributed by atoms with van der Waals surface area (Å²) >= 11 is 1.41. The van der Waals surface area contributed by atoms with Gasteiger partial charge in [0.25, 0.3) is 6.43 Å². The number of aromatic carboxylic acids is 1. The highest BCUT2D eigenvalue weighted by atomic mass is 127. The van der Waals surface area contributed by atoms with Gasteiger partial charge in [0.1, 0.15) is 17.0 Å². The summed E-state index contributed by atoms with van der Waals surface area (Å²) < 4.78 is 24.3. The Balaban J connectivity index is 3.41. The average molecular weight is 315 g/mol. The number of carboxylic acids is 1. The minimum absolute atomic E-state index is 0.245. The van der Waals surface area contributed by atoms with Gasteiger partial charge in [-0.1, -0.05) is 0 Å². The molecule has 0 aliphatic heterocycles. The van der Waals surface area contributed by atoms with Crippen LogP contribution in [0.15, 0.2) is 6.20 Å². The predicted molar refractivity (Wildman–Crippen MR) is 50.5 cm³/mol. The van der Waals surface area contributed by atoms with Crippen molar-refractivity contribution in [2.45, 2.75) is 6.43 Å². The zero-order valence-corrected chi connectivity index (χ0v) is 8.70. The molecule has 2 N–H and O–H groups in total. The summed E-state index contributed by atoms with van der Waals surface area (Å²) in [5, 5.41) is 17.7. The van der Waals surface area contributed by atoms with Crippen LogP contribution in [0.2, 0.25) is 0 Å². The molecule has 0 atom stereocenters. The third-order valence-corrected chi connectivity index (χ3v) is 2.54. The molecule has 1 aromatic heterocycles. The van der Waals surface area contributed by atoms with Gasteiger partial charge in [0.2, 0.25) is 0 Å². The molecule has 7 heteroatoms. The quantitative estimate of drug-likeness (QED) is 0.819. The van der Waals surface area contributed by atoms with Crippen molar-refractivity contribution in [3.05, 3.63) is 21.0 Å². The number of rotatable bonds is 2. The lowest BCUT2D eigenvalue weighted by Crippen LogP contribution is -2.05. The standard InChI is InChI=1S/C7H4F2INO3/c8-6(9)5-4(10)3(7(13)14)2(12)1-11-5/h1,6,12H,(H,13,14). The van der Waals surface area contributed by atoms with E-state index in [0.717, 1.165) is 0 Å². The van der Waals surface area contributed by atoms with Crippen molar-refractivity contribution in [2.24, 2.45) is 0 Å². The van der Waals surface area contributed by atoms with Crippen LogP contribution >= 0.6 is 22.6 Å². The maximum atomic E-state index is 12.3. The van der Waals surface area contributed by atoms with Gasteiger partial charge in [-0.2, -0.15) is 0 Å². The van der Waals surface area contributed by atoms with Crippen LogP contribution in [0.4, 0.5) is 8.78 Å². The van der Waals surface area contributed by atoms with Gasteiger partial charge in [-0.25, -0.2) is 13.6 Å². The second kappa shape index (κ2) is 4.03. The van der Waals surface area contributed by atoms with Crippen molar-refractivity contribution in [3.8, 4) is 5.75 Å². The fraction of sp³-hybridized carbons (Fsp3) is 0.143. The van der Waals surface area contributed by atoms with E-state index in [4.69, 9.17) is 10.2 Å². The summed E-state index contributed by atoms with van der Waals surface area (Å²) in [4.78, 5) is 13.8. The first-order valence-corrected chi connectivity index (χ1v) is 4.41. The molecule has 0 spiro atoms. The summed E-state index contributed by atoms with van der Waals surface area (Å²) in [6.45, 7) is 0. The Hall–Kier alpha value is -0.990. The SMILES string of the molecule is O=C(O)c1c(O)cnc(C(F)F)c1I. The van der Waals surface area contributed by atoms with Crippen LogP contribution in [0.25, 0.3) is 0 Å². The van der Waals surface area contributed by atoms with Crippen LogP contribution in [0, 0.1) is 3.57 Å². The average Bonchev–Trinajstić information content (AvgIpc) is 2.02. The van der Waals surface area contributed by atoms with E-state index in [9.17, 15) is 13.6 Å². The first-order chi connectivity index (χ1) is 6.45. The van der Waals surface area contributed by atoms with E-state index in [1.807, 2.05) is 0 Å². The number of aromatic nitrogens is 1. The Morgan fingerprint density at radius 2 is 2.14 bits per heavy atom. The molecule has 14 heavy (non-hydrogen) atoms. The lowest BCUT2D eigenvalue weighted by Gasteiger charge is -2.06. The molecule has 1 heterocycles. The van der Waals surface area contributed by atoms with E-state index < -0.39 is 29.4 Å². The van der Waals surface area contributed by atoms with Crippen LogP contribution in [0.1, 0.15) is 22.5 Å². The molecule has 0 radical (unpaired) electrons. The lowest BCUT2D eigenvalue weighted by atomic mass is 10.2. The number of pyridine rings is 1. The Morgan fingerprint density at radius 3 is 2.57 bits per heavy atom. The lowest BCUT2D eigenvalue weighted by molar-refractivity contribution is 0.0691. The predicted octanol–water partition coefficient (Wildman–Crippen LogP) is 2.03. The van der Waals surface area contributed by atoms with E-state index in [1.54, 1.807) is 0 Å². The molecule has 1 rings (SSSR count). The summed E-state index contributed by atoms with van der Waals surface area (Å²) in [7, 11) is 0. The summed E-state index contributed by atoms with van der Waals surface area (Å²) in [6, 6.07) is 0. The third-order valence-electron chi connectivity index (χ3n) is 1.45. The highest BCUT2D eigenvalue weighted by molar-refractivity contribution is 14.1. The van der Waals surface area contributed by atoms with Crippen LogP contribution in [0.3, 0.4) is 0 Å². The minimum atomic E-state index is -2.86. The molecule has 0 bridgehead atoms. The van der Waals surface area contributed by atoms with Gasteiger partial charge < -0.3 is 10.2 Å². The molecule has 0 amide bonds. The highest BCUT2D eigenvalue weighted by Crippen LogP contribution is 2.29. The molecular weight excluding hydrogens is 311 g/mol. The summed E-state index contributed by atoms with van der Waals surface area (Å²) in [6.07, 6.45) is -2.16. The molecule has 1 aromatic rings. The maximum Gasteiger partial charge on any atom is 0.340 e. The number of carbonyl (C=O) groups is 1. The molecule has 0 aliphatic rings. The van der Waals surface area contributed by atoms with Gasteiger partial charge in [0.05, 0.1) is 9.77 Å². The molecule has 4 nitrogen and oxygen atoms in total. The van der Waals surface area contributed by atoms with Crippen molar-refractivity contribution in [3.63, 3.8) is 0 Å². The topological polar surface area (TPSA) is 70.4 Å². The first-order valence-electron chi connectivity index (χ1n) is 3.34. The van der Waals surface area contributed by atoms with Crippen LogP contribution in [0.5, 0.6) is 5.75 Å². The fourth-order valence-electron chi connectivity index (χ4n) is 0.848. The van der Waals surface area contributed by atoms with Gasteiger partial charge in [-0.05, 0) is 22.6 Å². The van der Waals surface area contributed by atoms with E-state index in [2.05, 4.69) is 4.98 Å². The zero-order chi connectivity index (χ0) is 10.9. The fourth-order valence-corrected chi connectivity index (χ4v) is 1.73. The summed E-state index contributed by atoms with van der Waals surface area (Å²) in [5.41, 5.74) is -1.18. The monoisotopic (exact) mass is 315 g/mol. The smallest absolute Gasteiger partial charge is 0.340 e. The van der Waals surface area contributed by atoms with Crippen molar-refractivity contribution >= 4 is 28.6 Å². The molecular formula is C7H4F2INO3. The maximum absolute atomic E-state index is 12.3.